The highest BCUT2D eigenvalue weighted by atomic mass is 16.4. The summed E-state index contributed by atoms with van der Waals surface area (Å²) in [5, 5.41) is 15.5. The van der Waals surface area contributed by atoms with Crippen LogP contribution in [-0.4, -0.2) is 38.8 Å². The van der Waals surface area contributed by atoms with Gasteiger partial charge in [-0.05, 0) is 6.54 Å². The number of aromatic nitrogens is 2. The van der Waals surface area contributed by atoms with Crippen LogP contribution < -0.4 is 5.73 Å². The van der Waals surface area contributed by atoms with Crippen molar-refractivity contribution in [3.8, 4) is 0 Å². The molecule has 90 valence electrons. The van der Waals surface area contributed by atoms with Crippen molar-refractivity contribution in [3.63, 3.8) is 0 Å². The summed E-state index contributed by atoms with van der Waals surface area (Å²) in [5.41, 5.74) is 6.60. The van der Waals surface area contributed by atoms with E-state index >= 15 is 0 Å². The van der Waals surface area contributed by atoms with Gasteiger partial charge < -0.3 is 10.9 Å². The Morgan fingerprint density at radius 3 is 2.94 bits per heavy atom. The first-order valence-corrected chi connectivity index (χ1v) is 5.32. The van der Waals surface area contributed by atoms with Crippen molar-refractivity contribution >= 4 is 5.84 Å². The molecular weight excluding hydrogens is 206 g/mol. The third-order valence-electron chi connectivity index (χ3n) is 2.42. The molecule has 0 unspecified atom stereocenters. The molecule has 1 rings (SSSR count). The molecule has 0 radical (unpaired) electrons. The molecule has 0 amide bonds. The number of nitrogens with zero attached hydrogens (tertiary/aromatic N) is 4. The van der Waals surface area contributed by atoms with Crippen LogP contribution in [-0.2, 0) is 13.6 Å². The van der Waals surface area contributed by atoms with Gasteiger partial charge >= 0.3 is 0 Å². The smallest absolute Gasteiger partial charge is 0.140 e. The number of hydrogen-bond donors (Lipinski definition) is 2. The molecule has 1 heterocycles. The van der Waals surface area contributed by atoms with Gasteiger partial charge in [-0.25, -0.2) is 0 Å². The predicted octanol–water partition coefficient (Wildman–Crippen LogP) is 0.379. The Balaban J connectivity index is 2.43. The first kappa shape index (κ1) is 12.5. The van der Waals surface area contributed by atoms with Gasteiger partial charge in [0.15, 0.2) is 0 Å². The SMILES string of the molecule is CCN(CCC(N)=NO)Cc1cnn(C)c1. The molecule has 6 nitrogen and oxygen atoms in total. The average molecular weight is 225 g/mol. The number of hydrogen-bond acceptors (Lipinski definition) is 4. The Morgan fingerprint density at radius 1 is 1.69 bits per heavy atom. The van der Waals surface area contributed by atoms with Crippen molar-refractivity contribution in [2.45, 2.75) is 19.9 Å². The fourth-order valence-electron chi connectivity index (χ4n) is 1.48. The minimum atomic E-state index is 0.268. The van der Waals surface area contributed by atoms with Crippen molar-refractivity contribution in [1.82, 2.24) is 14.7 Å². The zero-order chi connectivity index (χ0) is 12.0. The molecule has 0 spiro atoms. The summed E-state index contributed by atoms with van der Waals surface area (Å²) < 4.78 is 1.78. The highest BCUT2D eigenvalue weighted by Gasteiger charge is 2.06. The third kappa shape index (κ3) is 3.90. The molecule has 0 aliphatic heterocycles. The molecule has 1 aromatic heterocycles. The Kier molecular flexibility index (Phi) is 4.78. The van der Waals surface area contributed by atoms with Gasteiger partial charge in [-0.1, -0.05) is 12.1 Å². The monoisotopic (exact) mass is 225 g/mol. The molecule has 0 atom stereocenters. The molecule has 0 aliphatic rings. The summed E-state index contributed by atoms with van der Waals surface area (Å²) >= 11 is 0. The van der Waals surface area contributed by atoms with E-state index in [-0.39, 0.29) is 5.84 Å². The Bertz CT molecular complexity index is 347. The van der Waals surface area contributed by atoms with E-state index in [2.05, 4.69) is 22.1 Å². The molecular formula is C10H19N5O. The number of amidine groups is 1. The zero-order valence-corrected chi connectivity index (χ0v) is 9.80. The first-order valence-electron chi connectivity index (χ1n) is 5.32. The molecule has 0 aliphatic carbocycles. The van der Waals surface area contributed by atoms with Gasteiger partial charge in [0.2, 0.25) is 0 Å². The lowest BCUT2D eigenvalue weighted by atomic mass is 10.3. The van der Waals surface area contributed by atoms with Crippen molar-refractivity contribution in [2.75, 3.05) is 13.1 Å². The van der Waals surface area contributed by atoms with Gasteiger partial charge in [-0.15, -0.1) is 0 Å². The normalized spacial score (nSPS) is 12.3. The topological polar surface area (TPSA) is 79.7 Å². The van der Waals surface area contributed by atoms with E-state index in [0.29, 0.717) is 6.42 Å². The van der Waals surface area contributed by atoms with Crippen LogP contribution in [0.25, 0.3) is 0 Å². The highest BCUT2D eigenvalue weighted by Crippen LogP contribution is 2.03. The second-order valence-corrected chi connectivity index (χ2v) is 3.73. The molecule has 0 aromatic carbocycles. The van der Waals surface area contributed by atoms with Gasteiger partial charge in [0.1, 0.15) is 5.84 Å². The van der Waals surface area contributed by atoms with E-state index in [4.69, 9.17) is 10.9 Å². The molecule has 0 bridgehead atoms. The minimum Gasteiger partial charge on any atom is -0.409 e. The standard InChI is InChI=1S/C10H19N5O/c1-3-15(5-4-10(11)13-16)8-9-6-12-14(2)7-9/h6-7,16H,3-5,8H2,1-2H3,(H2,11,13). The summed E-state index contributed by atoms with van der Waals surface area (Å²) in [7, 11) is 1.90. The van der Waals surface area contributed by atoms with Gasteiger partial charge in [0.05, 0.1) is 6.20 Å². The van der Waals surface area contributed by atoms with E-state index in [9.17, 15) is 0 Å². The van der Waals surface area contributed by atoms with Crippen LogP contribution in [0.2, 0.25) is 0 Å². The van der Waals surface area contributed by atoms with Gasteiger partial charge in [-0.2, -0.15) is 5.10 Å². The van der Waals surface area contributed by atoms with Crippen molar-refractivity contribution in [2.24, 2.45) is 17.9 Å². The van der Waals surface area contributed by atoms with Gasteiger partial charge in [-0.3, -0.25) is 9.58 Å². The summed E-state index contributed by atoms with van der Waals surface area (Å²) in [6, 6.07) is 0. The lowest BCUT2D eigenvalue weighted by Gasteiger charge is -2.18. The zero-order valence-electron chi connectivity index (χ0n) is 9.80. The number of oxime groups is 1. The van der Waals surface area contributed by atoms with Crippen LogP contribution in [0.15, 0.2) is 17.5 Å². The quantitative estimate of drug-likeness (QED) is 0.317. The second kappa shape index (κ2) is 6.12. The summed E-state index contributed by atoms with van der Waals surface area (Å²) in [5.74, 6) is 0.268. The molecule has 1 aromatic rings. The number of aryl methyl sites for hydroxylation is 1. The van der Waals surface area contributed by atoms with Crippen LogP contribution in [0.4, 0.5) is 0 Å². The number of rotatable bonds is 6. The molecule has 0 saturated heterocycles. The lowest BCUT2D eigenvalue weighted by Crippen LogP contribution is -2.27. The number of nitrogens with two attached hydrogens (primary N) is 1. The van der Waals surface area contributed by atoms with E-state index in [0.717, 1.165) is 19.6 Å². The van der Waals surface area contributed by atoms with Crippen LogP contribution in [0.5, 0.6) is 0 Å². The van der Waals surface area contributed by atoms with Crippen LogP contribution in [0, 0.1) is 0 Å². The van der Waals surface area contributed by atoms with Crippen molar-refractivity contribution in [1.29, 1.82) is 0 Å². The Hall–Kier alpha value is -1.56. The Morgan fingerprint density at radius 2 is 2.44 bits per heavy atom. The van der Waals surface area contributed by atoms with Crippen LogP contribution in [0.3, 0.4) is 0 Å². The van der Waals surface area contributed by atoms with E-state index in [1.54, 1.807) is 4.68 Å². The first-order chi connectivity index (χ1) is 7.65. The van der Waals surface area contributed by atoms with Gasteiger partial charge in [0, 0.05) is 38.3 Å². The maximum atomic E-state index is 8.44. The second-order valence-electron chi connectivity index (χ2n) is 3.73. The van der Waals surface area contributed by atoms with Crippen molar-refractivity contribution in [3.05, 3.63) is 18.0 Å². The minimum absolute atomic E-state index is 0.268. The maximum Gasteiger partial charge on any atom is 0.140 e. The van der Waals surface area contributed by atoms with E-state index < -0.39 is 0 Å². The van der Waals surface area contributed by atoms with E-state index in [1.165, 1.54) is 5.56 Å². The maximum absolute atomic E-state index is 8.44. The molecule has 0 saturated carbocycles. The summed E-state index contributed by atoms with van der Waals surface area (Å²) in [6.07, 6.45) is 4.42. The average Bonchev–Trinajstić information content (AvgIpc) is 2.69. The molecule has 6 heteroatoms. The summed E-state index contributed by atoms with van der Waals surface area (Å²) in [4.78, 5) is 2.22. The largest absolute Gasteiger partial charge is 0.409 e. The van der Waals surface area contributed by atoms with Crippen molar-refractivity contribution < 1.29 is 5.21 Å². The van der Waals surface area contributed by atoms with Crippen LogP contribution in [0.1, 0.15) is 18.9 Å². The predicted molar refractivity (Wildman–Crippen MR) is 62.2 cm³/mol. The molecule has 3 N–H and O–H groups in total. The fourth-order valence-corrected chi connectivity index (χ4v) is 1.48. The Labute approximate surface area is 95.3 Å². The molecule has 0 fully saturated rings. The third-order valence-corrected chi connectivity index (χ3v) is 2.42. The lowest BCUT2D eigenvalue weighted by molar-refractivity contribution is 0.283. The van der Waals surface area contributed by atoms with Gasteiger partial charge in [0.25, 0.3) is 0 Å². The highest BCUT2D eigenvalue weighted by molar-refractivity contribution is 5.79. The fraction of sp³-hybridized carbons (Fsp3) is 0.600. The molecule has 16 heavy (non-hydrogen) atoms. The summed E-state index contributed by atoms with van der Waals surface area (Å²) in [6.45, 7) is 4.63. The van der Waals surface area contributed by atoms with Crippen LogP contribution >= 0.6 is 0 Å². The van der Waals surface area contributed by atoms with E-state index in [1.807, 2.05) is 19.4 Å².